The van der Waals surface area contributed by atoms with E-state index in [1.165, 1.54) is 12.1 Å². The molecule has 0 amide bonds. The van der Waals surface area contributed by atoms with Gasteiger partial charge in [0.1, 0.15) is 5.82 Å². The zero-order valence-corrected chi connectivity index (χ0v) is 21.6. The van der Waals surface area contributed by atoms with Gasteiger partial charge in [-0.25, -0.2) is 9.07 Å². The maximum atomic E-state index is 15.2. The molecule has 8 heteroatoms. The summed E-state index contributed by atoms with van der Waals surface area (Å²) < 4.78 is 22.6. The van der Waals surface area contributed by atoms with Gasteiger partial charge >= 0.3 is 0 Å². The van der Waals surface area contributed by atoms with Gasteiger partial charge in [-0.15, -0.1) is 0 Å². The zero-order chi connectivity index (χ0) is 26.4. The van der Waals surface area contributed by atoms with Crippen LogP contribution in [0.15, 0.2) is 42.1 Å². The standard InChI is InChI=1S/C29H32FN5O2/c1-4-29-15-20(26-19(17-31)7-5-8-22(26)30)13-23(27(29)24(36)14-21(32)16-29)35-12-9-25(33-35)34-11-6-10-28(2,18-34)37-3/h5,7-9,12-13,32H,4,6,10-11,14-16,18H2,1-3H3. The van der Waals surface area contributed by atoms with Gasteiger partial charge in [-0.2, -0.15) is 10.4 Å². The normalized spacial score (nSPS) is 26.1. The number of ether oxygens (including phenoxy) is 1. The van der Waals surface area contributed by atoms with Gasteiger partial charge in [-0.3, -0.25) is 4.79 Å². The number of benzene rings is 1. The summed E-state index contributed by atoms with van der Waals surface area (Å²) in [5.74, 6) is 0.239. The number of ketones is 1. The van der Waals surface area contributed by atoms with E-state index in [4.69, 9.17) is 15.2 Å². The molecule has 37 heavy (non-hydrogen) atoms. The van der Waals surface area contributed by atoms with Gasteiger partial charge in [0.2, 0.25) is 0 Å². The fourth-order valence-corrected chi connectivity index (χ4v) is 6.25. The second kappa shape index (κ2) is 9.38. The minimum Gasteiger partial charge on any atom is -0.377 e. The Morgan fingerprint density at radius 1 is 1.30 bits per heavy atom. The molecule has 0 spiro atoms. The zero-order valence-electron chi connectivity index (χ0n) is 21.6. The number of nitrogens with zero attached hydrogens (tertiary/aromatic N) is 4. The van der Waals surface area contributed by atoms with Gasteiger partial charge in [0, 0.05) is 61.1 Å². The van der Waals surface area contributed by atoms with E-state index in [9.17, 15) is 10.1 Å². The van der Waals surface area contributed by atoms with E-state index < -0.39 is 11.2 Å². The molecular formula is C29H32FN5O2. The molecule has 1 saturated heterocycles. The van der Waals surface area contributed by atoms with Crippen LogP contribution in [-0.2, 0) is 9.53 Å². The average Bonchev–Trinajstić information content (AvgIpc) is 3.38. The van der Waals surface area contributed by atoms with E-state index in [0.717, 1.165) is 25.2 Å². The number of aromatic nitrogens is 2. The molecule has 0 bridgehead atoms. The molecule has 192 valence electrons. The van der Waals surface area contributed by atoms with E-state index in [1.807, 2.05) is 25.3 Å². The highest BCUT2D eigenvalue weighted by molar-refractivity contribution is 6.17. The number of hydrogen-bond acceptors (Lipinski definition) is 6. The molecule has 2 aromatic rings. The summed E-state index contributed by atoms with van der Waals surface area (Å²) in [7, 11) is 1.73. The fourth-order valence-electron chi connectivity index (χ4n) is 6.25. The van der Waals surface area contributed by atoms with Crippen LogP contribution in [0, 0.1) is 28.0 Å². The summed E-state index contributed by atoms with van der Waals surface area (Å²) in [4.78, 5) is 15.6. The number of rotatable bonds is 5. The maximum Gasteiger partial charge on any atom is 0.167 e. The Hall–Kier alpha value is -3.57. The molecule has 3 aliphatic rings. The summed E-state index contributed by atoms with van der Waals surface area (Å²) in [5.41, 5.74) is 1.91. The van der Waals surface area contributed by atoms with Crippen LogP contribution in [0.2, 0.25) is 0 Å². The lowest BCUT2D eigenvalue weighted by Crippen LogP contribution is -2.47. The summed E-state index contributed by atoms with van der Waals surface area (Å²) in [5, 5.41) is 23.0. The number of methoxy groups -OCH3 is 1. The molecule has 2 aliphatic carbocycles. The first-order chi connectivity index (χ1) is 17.7. The van der Waals surface area contributed by atoms with Crippen LogP contribution in [0.3, 0.4) is 0 Å². The van der Waals surface area contributed by atoms with Crippen LogP contribution in [-0.4, -0.2) is 47.1 Å². The third kappa shape index (κ3) is 4.31. The number of hydrogen-bond donors (Lipinski definition) is 1. The van der Waals surface area contributed by atoms with Crippen LogP contribution >= 0.6 is 0 Å². The van der Waals surface area contributed by atoms with Gasteiger partial charge < -0.3 is 15.0 Å². The Labute approximate surface area is 216 Å². The maximum absolute atomic E-state index is 15.2. The van der Waals surface area contributed by atoms with Crippen molar-refractivity contribution in [3.05, 3.63) is 59.1 Å². The van der Waals surface area contributed by atoms with Crippen molar-refractivity contribution in [1.82, 2.24) is 9.78 Å². The SMILES string of the molecule is CCC12CC(=N)CC(=O)C1=C(n1ccc(N3CCCC(C)(OC)C3)n1)C=C(c1c(F)cccc1C#N)C2. The lowest BCUT2D eigenvalue weighted by atomic mass is 9.61. The number of fused-ring (bicyclic) bond motifs is 1. The number of carbonyl (C=O) groups excluding carboxylic acids is 1. The molecule has 1 aliphatic heterocycles. The Balaban J connectivity index is 1.66. The second-order valence-corrected chi connectivity index (χ2v) is 10.7. The Morgan fingerprint density at radius 3 is 2.84 bits per heavy atom. The number of allylic oxidation sites excluding steroid dienone is 4. The largest absolute Gasteiger partial charge is 0.377 e. The van der Waals surface area contributed by atoms with Crippen molar-refractivity contribution in [3.8, 4) is 6.07 Å². The first-order valence-corrected chi connectivity index (χ1v) is 12.8. The quantitative estimate of drug-likeness (QED) is 0.594. The smallest absolute Gasteiger partial charge is 0.167 e. The Kier molecular flexibility index (Phi) is 6.36. The van der Waals surface area contributed by atoms with E-state index in [-0.39, 0.29) is 28.9 Å². The first kappa shape index (κ1) is 25.1. The number of nitrogens with one attached hydrogen (secondary N) is 1. The van der Waals surface area contributed by atoms with E-state index in [0.29, 0.717) is 48.4 Å². The van der Waals surface area contributed by atoms with Crippen molar-refractivity contribution in [2.24, 2.45) is 5.41 Å². The highest BCUT2D eigenvalue weighted by Gasteiger charge is 2.46. The van der Waals surface area contributed by atoms with Crippen molar-refractivity contribution < 1.29 is 13.9 Å². The second-order valence-electron chi connectivity index (χ2n) is 10.7. The van der Waals surface area contributed by atoms with Crippen LogP contribution < -0.4 is 4.90 Å². The van der Waals surface area contributed by atoms with Crippen molar-refractivity contribution >= 4 is 28.6 Å². The lowest BCUT2D eigenvalue weighted by Gasteiger charge is -2.43. The molecule has 0 radical (unpaired) electrons. The predicted molar refractivity (Wildman–Crippen MR) is 141 cm³/mol. The molecule has 1 aromatic carbocycles. The molecule has 7 nitrogen and oxygen atoms in total. The molecule has 1 N–H and O–H groups in total. The number of Topliss-reactive ketones (excluding diaryl/α,β-unsaturated/α-hetero) is 1. The molecule has 5 rings (SSSR count). The number of nitriles is 1. The number of piperidine rings is 1. The van der Waals surface area contributed by atoms with E-state index in [1.54, 1.807) is 17.9 Å². The average molecular weight is 502 g/mol. The van der Waals surface area contributed by atoms with Crippen LogP contribution in [0.5, 0.6) is 0 Å². The van der Waals surface area contributed by atoms with Crippen LogP contribution in [0.1, 0.15) is 63.5 Å². The summed E-state index contributed by atoms with van der Waals surface area (Å²) >= 11 is 0. The monoisotopic (exact) mass is 501 g/mol. The van der Waals surface area contributed by atoms with Gasteiger partial charge in [0.05, 0.1) is 22.9 Å². The minimum absolute atomic E-state index is 0.0827. The third-order valence-corrected chi connectivity index (χ3v) is 8.26. The number of anilines is 1. The number of halogens is 1. The van der Waals surface area contributed by atoms with Gasteiger partial charge in [0.25, 0.3) is 0 Å². The summed E-state index contributed by atoms with van der Waals surface area (Å²) in [6, 6.07) is 8.56. The first-order valence-electron chi connectivity index (χ1n) is 12.8. The molecule has 2 fully saturated rings. The topological polar surface area (TPSA) is 95.0 Å². The van der Waals surface area contributed by atoms with E-state index in [2.05, 4.69) is 17.9 Å². The van der Waals surface area contributed by atoms with E-state index >= 15 is 4.39 Å². The van der Waals surface area contributed by atoms with Crippen LogP contribution in [0.25, 0.3) is 11.3 Å². The molecule has 1 saturated carbocycles. The van der Waals surface area contributed by atoms with Gasteiger partial charge in [-0.1, -0.05) is 13.0 Å². The van der Waals surface area contributed by atoms with Crippen molar-refractivity contribution in [1.29, 1.82) is 10.7 Å². The van der Waals surface area contributed by atoms with Crippen molar-refractivity contribution in [2.45, 2.75) is 58.0 Å². The highest BCUT2D eigenvalue weighted by atomic mass is 19.1. The molecule has 2 unspecified atom stereocenters. The van der Waals surface area contributed by atoms with Gasteiger partial charge in [0.15, 0.2) is 11.6 Å². The minimum atomic E-state index is -0.646. The Bertz CT molecular complexity index is 1380. The van der Waals surface area contributed by atoms with Crippen molar-refractivity contribution in [2.75, 3.05) is 25.1 Å². The van der Waals surface area contributed by atoms with Crippen molar-refractivity contribution in [3.63, 3.8) is 0 Å². The molecule has 1 aromatic heterocycles. The highest BCUT2D eigenvalue weighted by Crippen LogP contribution is 2.53. The summed E-state index contributed by atoms with van der Waals surface area (Å²) in [6.45, 7) is 5.68. The number of carbonyl (C=O) groups is 1. The molecular weight excluding hydrogens is 469 g/mol. The molecule has 2 heterocycles. The lowest BCUT2D eigenvalue weighted by molar-refractivity contribution is -0.116. The van der Waals surface area contributed by atoms with Gasteiger partial charge in [-0.05, 0) is 62.8 Å². The summed E-state index contributed by atoms with van der Waals surface area (Å²) in [6.07, 6.45) is 7.13. The van der Waals surface area contributed by atoms with Crippen LogP contribution in [0.4, 0.5) is 10.2 Å². The fraction of sp³-hybridized carbons (Fsp3) is 0.448. The molecule has 2 atom stereocenters. The predicted octanol–water partition coefficient (Wildman–Crippen LogP) is 5.38. The third-order valence-electron chi connectivity index (χ3n) is 8.26. The Morgan fingerprint density at radius 2 is 2.11 bits per heavy atom.